The van der Waals surface area contributed by atoms with E-state index in [0.29, 0.717) is 19.0 Å². The smallest absolute Gasteiger partial charge is 0.410 e. The highest BCUT2D eigenvalue weighted by molar-refractivity contribution is 7.13. The lowest BCUT2D eigenvalue weighted by Gasteiger charge is -2.33. The second-order valence-corrected chi connectivity index (χ2v) is 11.0. The maximum absolute atomic E-state index is 12.3. The number of aliphatic hydroxyl groups is 1. The van der Waals surface area contributed by atoms with Gasteiger partial charge in [0.15, 0.2) is 0 Å². The summed E-state index contributed by atoms with van der Waals surface area (Å²) < 4.78 is 5.51. The number of aryl methyl sites for hydroxylation is 1. The average molecular weight is 443 g/mol. The minimum absolute atomic E-state index is 0.223. The number of carbonyl (C=O) groups excluding carboxylic acids is 1. The van der Waals surface area contributed by atoms with Gasteiger partial charge < -0.3 is 14.7 Å². The number of rotatable bonds is 3. The summed E-state index contributed by atoms with van der Waals surface area (Å²) in [5.41, 5.74) is 3.20. The molecular weight excluding hydrogens is 408 g/mol. The van der Waals surface area contributed by atoms with Gasteiger partial charge in [0.1, 0.15) is 10.6 Å². The molecule has 1 saturated carbocycles. The van der Waals surface area contributed by atoms with Crippen LogP contribution in [-0.4, -0.2) is 39.8 Å². The molecule has 6 heteroatoms. The van der Waals surface area contributed by atoms with Crippen LogP contribution >= 0.6 is 11.3 Å². The van der Waals surface area contributed by atoms with E-state index in [0.717, 1.165) is 60.4 Å². The summed E-state index contributed by atoms with van der Waals surface area (Å²) in [7, 11) is 0. The molecule has 31 heavy (non-hydrogen) atoms. The minimum Gasteiger partial charge on any atom is -0.444 e. The van der Waals surface area contributed by atoms with Gasteiger partial charge in [0.05, 0.1) is 11.3 Å². The summed E-state index contributed by atoms with van der Waals surface area (Å²) in [5.74, 6) is 0.353. The molecule has 1 saturated heterocycles. The molecule has 0 bridgehead atoms. The molecule has 1 aromatic carbocycles. The molecule has 0 atom stereocenters. The lowest BCUT2D eigenvalue weighted by atomic mass is 9.87. The van der Waals surface area contributed by atoms with Gasteiger partial charge in [-0.2, -0.15) is 0 Å². The van der Waals surface area contributed by atoms with Crippen molar-refractivity contribution in [3.8, 4) is 10.6 Å². The molecule has 1 aliphatic carbocycles. The zero-order valence-electron chi connectivity index (χ0n) is 19.1. The molecule has 1 amide bonds. The van der Waals surface area contributed by atoms with Gasteiger partial charge in [-0.3, -0.25) is 0 Å². The van der Waals surface area contributed by atoms with Gasteiger partial charge in [-0.25, -0.2) is 9.78 Å². The Morgan fingerprint density at radius 2 is 1.90 bits per heavy atom. The van der Waals surface area contributed by atoms with Crippen molar-refractivity contribution >= 4 is 17.4 Å². The first-order valence-electron chi connectivity index (χ1n) is 11.4. The van der Waals surface area contributed by atoms with Gasteiger partial charge in [-0.15, -0.1) is 11.3 Å². The van der Waals surface area contributed by atoms with Crippen LogP contribution in [0.1, 0.15) is 82.0 Å². The van der Waals surface area contributed by atoms with E-state index in [9.17, 15) is 9.90 Å². The number of benzene rings is 1. The quantitative estimate of drug-likeness (QED) is 0.634. The fraction of sp³-hybridized carbons (Fsp3) is 0.600. The normalized spacial score (nSPS) is 19.6. The Morgan fingerprint density at radius 3 is 2.55 bits per heavy atom. The first-order valence-corrected chi connectivity index (χ1v) is 12.3. The number of piperidine rings is 1. The highest BCUT2D eigenvalue weighted by Crippen LogP contribution is 2.44. The topological polar surface area (TPSA) is 62.7 Å². The maximum Gasteiger partial charge on any atom is 0.410 e. The monoisotopic (exact) mass is 442 g/mol. The fourth-order valence-electron chi connectivity index (χ4n) is 4.75. The van der Waals surface area contributed by atoms with Gasteiger partial charge in [-0.05, 0) is 65.0 Å². The Kier molecular flexibility index (Phi) is 6.14. The second kappa shape index (κ2) is 8.55. The highest BCUT2D eigenvalue weighted by Gasteiger charge is 2.36. The van der Waals surface area contributed by atoms with Gasteiger partial charge in [0.25, 0.3) is 0 Å². The predicted molar refractivity (Wildman–Crippen MR) is 124 cm³/mol. The standard InChI is InChI=1S/C25H34N2O3S/c1-17-7-8-20(25(29)11-5-6-12-25)19(15-17)22-26-21(16-31-22)18-9-13-27(14-10-18)23(28)30-24(2,3)4/h7-8,15-16,18,29H,5-6,9-14H2,1-4H3. The molecule has 2 heterocycles. The van der Waals surface area contributed by atoms with E-state index in [1.165, 1.54) is 5.56 Å². The van der Waals surface area contributed by atoms with Crippen molar-refractivity contribution in [3.05, 3.63) is 40.4 Å². The minimum atomic E-state index is -0.729. The molecule has 0 spiro atoms. The van der Waals surface area contributed by atoms with Crippen molar-refractivity contribution in [3.63, 3.8) is 0 Å². The Labute approximate surface area is 189 Å². The summed E-state index contributed by atoms with van der Waals surface area (Å²) in [4.78, 5) is 19.2. The van der Waals surface area contributed by atoms with Gasteiger partial charge in [-0.1, -0.05) is 30.5 Å². The molecule has 2 fully saturated rings. The number of hydrogen-bond acceptors (Lipinski definition) is 5. The van der Waals surface area contributed by atoms with Crippen LogP contribution in [0.4, 0.5) is 4.79 Å². The average Bonchev–Trinajstić information content (AvgIpc) is 3.37. The van der Waals surface area contributed by atoms with Crippen LogP contribution in [0.3, 0.4) is 0 Å². The predicted octanol–water partition coefficient (Wildman–Crippen LogP) is 5.99. The SMILES string of the molecule is Cc1ccc(C2(O)CCCC2)c(-c2nc(C3CCN(C(=O)OC(C)(C)C)CC3)cs2)c1. The third-order valence-electron chi connectivity index (χ3n) is 6.42. The lowest BCUT2D eigenvalue weighted by Crippen LogP contribution is -2.41. The molecule has 1 aliphatic heterocycles. The molecule has 4 rings (SSSR count). The molecule has 1 aromatic heterocycles. The number of likely N-dealkylation sites (tertiary alicyclic amines) is 1. The van der Waals surface area contributed by atoms with Gasteiger partial charge in [0, 0.05) is 30.0 Å². The zero-order chi connectivity index (χ0) is 22.2. The van der Waals surface area contributed by atoms with Crippen molar-refractivity contribution in [2.24, 2.45) is 0 Å². The first kappa shape index (κ1) is 22.3. The molecular formula is C25H34N2O3S. The van der Waals surface area contributed by atoms with E-state index < -0.39 is 11.2 Å². The van der Waals surface area contributed by atoms with E-state index in [2.05, 4.69) is 30.5 Å². The number of amides is 1. The van der Waals surface area contributed by atoms with Gasteiger partial charge >= 0.3 is 6.09 Å². The van der Waals surface area contributed by atoms with Crippen LogP contribution < -0.4 is 0 Å². The Hall–Kier alpha value is -1.92. The third kappa shape index (κ3) is 4.96. The summed E-state index contributed by atoms with van der Waals surface area (Å²) >= 11 is 1.66. The van der Waals surface area contributed by atoms with Gasteiger partial charge in [0.2, 0.25) is 0 Å². The Morgan fingerprint density at radius 1 is 1.23 bits per heavy atom. The molecule has 0 radical (unpaired) electrons. The number of nitrogens with zero attached hydrogens (tertiary/aromatic N) is 2. The van der Waals surface area contributed by atoms with Crippen LogP contribution in [0.15, 0.2) is 23.6 Å². The summed E-state index contributed by atoms with van der Waals surface area (Å²) in [6.07, 6.45) is 5.36. The molecule has 2 aliphatic rings. The fourth-order valence-corrected chi connectivity index (χ4v) is 5.68. The number of carbonyl (C=O) groups is 1. The van der Waals surface area contributed by atoms with Crippen LogP contribution in [0.5, 0.6) is 0 Å². The molecule has 0 unspecified atom stereocenters. The maximum atomic E-state index is 12.3. The molecule has 168 valence electrons. The molecule has 1 N–H and O–H groups in total. The van der Waals surface area contributed by atoms with E-state index in [4.69, 9.17) is 9.72 Å². The van der Waals surface area contributed by atoms with Crippen LogP contribution in [0, 0.1) is 6.92 Å². The first-order chi connectivity index (χ1) is 14.6. The van der Waals surface area contributed by atoms with E-state index in [-0.39, 0.29) is 6.09 Å². The van der Waals surface area contributed by atoms with E-state index >= 15 is 0 Å². The zero-order valence-corrected chi connectivity index (χ0v) is 19.9. The summed E-state index contributed by atoms with van der Waals surface area (Å²) in [5, 5.41) is 14.4. The van der Waals surface area contributed by atoms with Crippen LogP contribution in [0.25, 0.3) is 10.6 Å². The van der Waals surface area contributed by atoms with Crippen molar-refractivity contribution in [2.75, 3.05) is 13.1 Å². The van der Waals surface area contributed by atoms with Crippen LogP contribution in [0.2, 0.25) is 0 Å². The van der Waals surface area contributed by atoms with E-state index in [1.54, 1.807) is 11.3 Å². The van der Waals surface area contributed by atoms with Crippen molar-refractivity contribution in [1.29, 1.82) is 0 Å². The Bertz CT molecular complexity index is 932. The highest BCUT2D eigenvalue weighted by atomic mass is 32.1. The molecule has 2 aromatic rings. The summed E-state index contributed by atoms with van der Waals surface area (Å²) in [6.45, 7) is 9.18. The van der Waals surface area contributed by atoms with Crippen molar-refractivity contribution in [2.45, 2.75) is 83.3 Å². The number of thiazole rings is 1. The Balaban J connectivity index is 1.49. The summed E-state index contributed by atoms with van der Waals surface area (Å²) in [6, 6.07) is 6.35. The number of hydrogen-bond donors (Lipinski definition) is 1. The largest absolute Gasteiger partial charge is 0.444 e. The van der Waals surface area contributed by atoms with E-state index in [1.807, 2.05) is 25.7 Å². The number of aromatic nitrogens is 1. The van der Waals surface area contributed by atoms with Crippen LogP contribution in [-0.2, 0) is 10.3 Å². The molecule has 5 nitrogen and oxygen atoms in total. The van der Waals surface area contributed by atoms with Crippen molar-refractivity contribution in [1.82, 2.24) is 9.88 Å². The third-order valence-corrected chi connectivity index (χ3v) is 7.32. The van der Waals surface area contributed by atoms with Crippen molar-refractivity contribution < 1.29 is 14.6 Å². The number of ether oxygens (including phenoxy) is 1. The second-order valence-electron chi connectivity index (χ2n) is 10.1. The lowest BCUT2D eigenvalue weighted by molar-refractivity contribution is 0.0204.